The van der Waals surface area contributed by atoms with Crippen molar-refractivity contribution >= 4 is 5.97 Å². The summed E-state index contributed by atoms with van der Waals surface area (Å²) in [6, 6.07) is 0. The first-order valence-electron chi connectivity index (χ1n) is 4.03. The number of carbonyl (C=O) groups is 1. The lowest BCUT2D eigenvalue weighted by atomic mass is 9.84. The number of allylic oxidation sites excluding steroid dienone is 1. The molecule has 0 aromatic carbocycles. The third-order valence-electron chi connectivity index (χ3n) is 1.65. The predicted molar refractivity (Wildman–Crippen MR) is 45.8 cm³/mol. The van der Waals surface area contributed by atoms with E-state index in [1.165, 1.54) is 0 Å². The average molecular weight is 210 g/mol. The Balaban J connectivity index is 4.86. The Kier molecular flexibility index (Phi) is 3.73. The molecule has 82 valence electrons. The number of halogens is 3. The molecule has 0 amide bonds. The van der Waals surface area contributed by atoms with Gasteiger partial charge in [-0.05, 0) is 11.0 Å². The van der Waals surface area contributed by atoms with Crippen LogP contribution in [0.2, 0.25) is 0 Å². The molecule has 0 aromatic heterocycles. The average Bonchev–Trinajstić information content (AvgIpc) is 1.78. The Morgan fingerprint density at radius 2 is 1.71 bits per heavy atom. The van der Waals surface area contributed by atoms with E-state index in [4.69, 9.17) is 5.11 Å². The first-order valence-corrected chi connectivity index (χ1v) is 4.03. The molecule has 0 aliphatic rings. The van der Waals surface area contributed by atoms with Crippen LogP contribution in [0.25, 0.3) is 0 Å². The van der Waals surface area contributed by atoms with Crippen LogP contribution in [0.5, 0.6) is 0 Å². The lowest BCUT2D eigenvalue weighted by molar-refractivity contribution is -0.132. The Labute approximate surface area is 80.4 Å². The Bertz CT molecular complexity index is 246. The van der Waals surface area contributed by atoms with Crippen molar-refractivity contribution in [2.24, 2.45) is 5.41 Å². The third kappa shape index (κ3) is 5.61. The minimum atomic E-state index is -4.37. The van der Waals surface area contributed by atoms with E-state index in [2.05, 4.69) is 0 Å². The largest absolute Gasteiger partial charge is 0.478 e. The van der Waals surface area contributed by atoms with E-state index in [1.54, 1.807) is 20.8 Å². The van der Waals surface area contributed by atoms with Gasteiger partial charge in [0.25, 0.3) is 0 Å². The maximum Gasteiger partial charge on any atom is 0.392 e. The zero-order valence-corrected chi connectivity index (χ0v) is 8.27. The highest BCUT2D eigenvalue weighted by Gasteiger charge is 2.33. The fourth-order valence-electron chi connectivity index (χ4n) is 0.898. The first kappa shape index (κ1) is 13.0. The van der Waals surface area contributed by atoms with Crippen LogP contribution in [-0.4, -0.2) is 17.3 Å². The monoisotopic (exact) mass is 210 g/mol. The summed E-state index contributed by atoms with van der Waals surface area (Å²) in [5.74, 6) is -1.35. The lowest BCUT2D eigenvalue weighted by Gasteiger charge is -2.23. The zero-order chi connectivity index (χ0) is 11.6. The van der Waals surface area contributed by atoms with Crippen LogP contribution in [0.3, 0.4) is 0 Å². The fraction of sp³-hybridized carbons (Fsp3) is 0.667. The van der Waals surface area contributed by atoms with Gasteiger partial charge in [0.2, 0.25) is 0 Å². The van der Waals surface area contributed by atoms with Gasteiger partial charge in [-0.15, -0.1) is 0 Å². The smallest absolute Gasteiger partial charge is 0.392 e. The third-order valence-corrected chi connectivity index (χ3v) is 1.65. The summed E-state index contributed by atoms with van der Waals surface area (Å²) < 4.78 is 36.2. The van der Waals surface area contributed by atoms with E-state index in [0.717, 1.165) is 0 Å². The van der Waals surface area contributed by atoms with Crippen LogP contribution in [0.1, 0.15) is 27.2 Å². The second kappa shape index (κ2) is 4.02. The van der Waals surface area contributed by atoms with Crippen LogP contribution in [0.4, 0.5) is 13.2 Å². The van der Waals surface area contributed by atoms with Crippen molar-refractivity contribution in [3.05, 3.63) is 11.6 Å². The summed E-state index contributed by atoms with van der Waals surface area (Å²) in [5, 5.41) is 8.40. The van der Waals surface area contributed by atoms with Gasteiger partial charge < -0.3 is 5.11 Å². The lowest BCUT2D eigenvalue weighted by Crippen LogP contribution is -2.19. The Morgan fingerprint density at radius 3 is 1.93 bits per heavy atom. The molecule has 0 bridgehead atoms. The Morgan fingerprint density at radius 1 is 1.29 bits per heavy atom. The maximum absolute atomic E-state index is 12.1. The van der Waals surface area contributed by atoms with Crippen molar-refractivity contribution in [3.63, 3.8) is 0 Å². The second-order valence-electron chi connectivity index (χ2n) is 4.05. The van der Waals surface area contributed by atoms with Gasteiger partial charge in [0.1, 0.15) is 0 Å². The molecular weight excluding hydrogens is 197 g/mol. The fourth-order valence-corrected chi connectivity index (χ4v) is 0.898. The molecule has 2 nitrogen and oxygen atoms in total. The topological polar surface area (TPSA) is 37.3 Å². The van der Waals surface area contributed by atoms with Gasteiger partial charge in [-0.2, -0.15) is 13.2 Å². The molecule has 0 fully saturated rings. The van der Waals surface area contributed by atoms with E-state index in [9.17, 15) is 18.0 Å². The van der Waals surface area contributed by atoms with E-state index >= 15 is 0 Å². The highest BCUT2D eigenvalue weighted by molar-refractivity contribution is 5.80. The van der Waals surface area contributed by atoms with Crippen LogP contribution in [0.15, 0.2) is 11.6 Å². The highest BCUT2D eigenvalue weighted by Crippen LogP contribution is 2.34. The first-order chi connectivity index (χ1) is 6.02. The van der Waals surface area contributed by atoms with Crippen molar-refractivity contribution in [1.82, 2.24) is 0 Å². The normalized spacial score (nSPS) is 14.3. The van der Waals surface area contributed by atoms with Crippen molar-refractivity contribution in [2.75, 3.05) is 0 Å². The molecule has 0 spiro atoms. The minimum absolute atomic E-state index is 0.127. The van der Waals surface area contributed by atoms with E-state index in [1.807, 2.05) is 0 Å². The molecule has 14 heavy (non-hydrogen) atoms. The van der Waals surface area contributed by atoms with Gasteiger partial charge >= 0.3 is 12.1 Å². The molecule has 0 saturated carbocycles. The van der Waals surface area contributed by atoms with Crippen molar-refractivity contribution < 1.29 is 23.1 Å². The van der Waals surface area contributed by atoms with Gasteiger partial charge in [0.15, 0.2) is 0 Å². The number of aliphatic carboxylic acids is 1. The molecular formula is C9H13F3O2. The molecule has 0 atom stereocenters. The molecule has 0 radical (unpaired) electrons. The zero-order valence-electron chi connectivity index (χ0n) is 8.27. The molecule has 0 aliphatic heterocycles. The summed E-state index contributed by atoms with van der Waals surface area (Å²) in [4.78, 5) is 10.3. The standard InChI is InChI=1S/C9H13F3O2/c1-8(2,3)6(4-7(13)14)5-9(10,11)12/h4H,5H2,1-3H3,(H,13,14)/b6-4+. The summed E-state index contributed by atoms with van der Waals surface area (Å²) in [5.41, 5.74) is -0.911. The second-order valence-corrected chi connectivity index (χ2v) is 4.05. The number of carboxylic acid groups (broad SMARTS) is 1. The number of alkyl halides is 3. The molecule has 0 aliphatic carbocycles. The van der Waals surface area contributed by atoms with Crippen LogP contribution >= 0.6 is 0 Å². The quantitative estimate of drug-likeness (QED) is 0.711. The molecule has 0 saturated heterocycles. The molecule has 0 unspecified atom stereocenters. The number of rotatable bonds is 2. The van der Waals surface area contributed by atoms with Gasteiger partial charge in [-0.3, -0.25) is 0 Å². The summed E-state index contributed by atoms with van der Waals surface area (Å²) in [6.45, 7) is 4.65. The SMILES string of the molecule is CC(C)(C)/C(=C/C(=O)O)CC(F)(F)F. The highest BCUT2D eigenvalue weighted by atomic mass is 19.4. The van der Waals surface area contributed by atoms with Crippen molar-refractivity contribution in [3.8, 4) is 0 Å². The summed E-state index contributed by atoms with van der Waals surface area (Å²) in [7, 11) is 0. The van der Waals surface area contributed by atoms with Gasteiger partial charge in [0, 0.05) is 6.08 Å². The van der Waals surface area contributed by atoms with Crippen molar-refractivity contribution in [2.45, 2.75) is 33.4 Å². The maximum atomic E-state index is 12.1. The van der Waals surface area contributed by atoms with Crippen molar-refractivity contribution in [1.29, 1.82) is 0 Å². The molecule has 0 aromatic rings. The van der Waals surface area contributed by atoms with Crippen LogP contribution in [-0.2, 0) is 4.79 Å². The minimum Gasteiger partial charge on any atom is -0.478 e. The van der Waals surface area contributed by atoms with Crippen LogP contribution < -0.4 is 0 Å². The summed E-state index contributed by atoms with van der Waals surface area (Å²) >= 11 is 0. The van der Waals surface area contributed by atoms with E-state index in [0.29, 0.717) is 6.08 Å². The number of hydrogen-bond acceptors (Lipinski definition) is 1. The van der Waals surface area contributed by atoms with Gasteiger partial charge in [0.05, 0.1) is 6.42 Å². The number of carboxylic acids is 1. The molecule has 0 heterocycles. The predicted octanol–water partition coefficient (Wildman–Crippen LogP) is 3.00. The van der Waals surface area contributed by atoms with E-state index < -0.39 is 24.0 Å². The van der Waals surface area contributed by atoms with Gasteiger partial charge in [-0.25, -0.2) is 4.79 Å². The Hall–Kier alpha value is -1.00. The van der Waals surface area contributed by atoms with Gasteiger partial charge in [-0.1, -0.05) is 20.8 Å². The molecule has 5 heteroatoms. The van der Waals surface area contributed by atoms with Crippen LogP contribution in [0, 0.1) is 5.41 Å². The van der Waals surface area contributed by atoms with E-state index in [-0.39, 0.29) is 5.57 Å². The summed E-state index contributed by atoms with van der Waals surface area (Å²) in [6.07, 6.45) is -4.91. The number of hydrogen-bond donors (Lipinski definition) is 1. The molecule has 0 rings (SSSR count). The molecule has 1 N–H and O–H groups in total.